The molecule has 18 heavy (non-hydrogen) atoms. The van der Waals surface area contributed by atoms with Gasteiger partial charge >= 0.3 is 0 Å². The number of hydrogen-bond donors (Lipinski definition) is 2. The number of hydrogen-bond acceptors (Lipinski definition) is 3. The van der Waals surface area contributed by atoms with Gasteiger partial charge in [-0.1, -0.05) is 32.1 Å². The fourth-order valence-corrected chi connectivity index (χ4v) is 2.76. The molecule has 0 fully saturated rings. The topological polar surface area (TPSA) is 78.2 Å². The molecule has 0 bridgehead atoms. The van der Waals surface area contributed by atoms with E-state index in [0.29, 0.717) is 18.8 Å². The first-order valence-corrected chi connectivity index (χ1v) is 7.32. The van der Waals surface area contributed by atoms with Gasteiger partial charge in [-0.05, 0) is 25.3 Å². The molecule has 0 aromatic carbocycles. The van der Waals surface area contributed by atoms with Gasteiger partial charge in [-0.15, -0.1) is 0 Å². The molecule has 3 atom stereocenters. The van der Waals surface area contributed by atoms with Crippen LogP contribution in [0.25, 0.3) is 0 Å². The molecule has 0 aromatic heterocycles. The van der Waals surface area contributed by atoms with E-state index >= 15 is 0 Å². The lowest BCUT2D eigenvalue weighted by molar-refractivity contribution is -0.120. The fraction of sp³-hybridized carbons (Fsp3) is 0.615. The van der Waals surface area contributed by atoms with Gasteiger partial charge in [-0.3, -0.25) is 4.79 Å². The van der Waals surface area contributed by atoms with Crippen molar-refractivity contribution in [2.24, 2.45) is 11.7 Å². The van der Waals surface area contributed by atoms with Crippen molar-refractivity contribution in [1.29, 1.82) is 0 Å². The molecule has 5 heteroatoms. The molecule has 2 unspecified atom stereocenters. The number of carbonyl (C=O) groups excluding carboxylic acids is 1. The van der Waals surface area contributed by atoms with Crippen LogP contribution in [0.3, 0.4) is 0 Å². The molecule has 102 valence electrons. The molecular formula is C13H22N2O2S. The number of nitrogens with one attached hydrogen (secondary N) is 1. The van der Waals surface area contributed by atoms with Crippen molar-refractivity contribution in [3.05, 3.63) is 24.3 Å². The Morgan fingerprint density at radius 2 is 2.22 bits per heavy atom. The van der Waals surface area contributed by atoms with E-state index in [1.165, 1.54) is 0 Å². The largest absolute Gasteiger partial charge is 0.592 e. The van der Waals surface area contributed by atoms with Crippen LogP contribution in [0.1, 0.15) is 33.6 Å². The summed E-state index contributed by atoms with van der Waals surface area (Å²) < 4.78 is 14.1. The Kier molecular flexibility index (Phi) is 5.44. The van der Waals surface area contributed by atoms with Gasteiger partial charge in [0.25, 0.3) is 5.91 Å². The van der Waals surface area contributed by atoms with Crippen molar-refractivity contribution >= 4 is 17.3 Å². The average Bonchev–Trinajstić information content (AvgIpc) is 2.28. The summed E-state index contributed by atoms with van der Waals surface area (Å²) in [5.41, 5.74) is 5.76. The lowest BCUT2D eigenvalue weighted by Crippen LogP contribution is -2.50. The van der Waals surface area contributed by atoms with Gasteiger partial charge in [0.15, 0.2) is 4.75 Å². The molecule has 0 saturated heterocycles. The van der Waals surface area contributed by atoms with Gasteiger partial charge in [0.1, 0.15) is 0 Å². The first-order chi connectivity index (χ1) is 8.35. The Hall–Kier alpha value is -0.780. The summed E-state index contributed by atoms with van der Waals surface area (Å²) in [4.78, 5) is 11.8. The lowest BCUT2D eigenvalue weighted by atomic mass is 10.0. The number of carbonyl (C=O) groups is 1. The second kappa shape index (κ2) is 6.41. The van der Waals surface area contributed by atoms with Crippen molar-refractivity contribution < 1.29 is 9.35 Å². The fourth-order valence-electron chi connectivity index (χ4n) is 1.74. The number of nitrogens with two attached hydrogens (primary N) is 1. The monoisotopic (exact) mass is 270 g/mol. The maximum Gasteiger partial charge on any atom is 0.278 e. The molecule has 0 radical (unpaired) electrons. The maximum absolute atomic E-state index is 12.2. The van der Waals surface area contributed by atoms with Gasteiger partial charge in [-0.25, -0.2) is 0 Å². The molecule has 0 saturated carbocycles. The van der Waals surface area contributed by atoms with Crippen molar-refractivity contribution in [2.75, 3.05) is 0 Å². The predicted molar refractivity (Wildman–Crippen MR) is 75.0 cm³/mol. The first kappa shape index (κ1) is 15.3. The lowest BCUT2D eigenvalue weighted by Gasteiger charge is -2.29. The van der Waals surface area contributed by atoms with Gasteiger partial charge in [-0.2, -0.15) is 4.72 Å². The zero-order valence-corrected chi connectivity index (χ0v) is 12.0. The highest BCUT2D eigenvalue weighted by Crippen LogP contribution is 2.25. The summed E-state index contributed by atoms with van der Waals surface area (Å²) in [6.07, 6.45) is 8.80. The summed E-state index contributed by atoms with van der Waals surface area (Å²) in [6.45, 7) is 5.86. The second-order valence-corrected chi connectivity index (χ2v) is 6.95. The third-order valence-corrected chi connectivity index (χ3v) is 4.43. The molecule has 3 N–H and O–H groups in total. The van der Waals surface area contributed by atoms with Crippen LogP contribution in [0.15, 0.2) is 24.3 Å². The van der Waals surface area contributed by atoms with E-state index in [9.17, 15) is 9.35 Å². The summed E-state index contributed by atoms with van der Waals surface area (Å²) in [7, 11) is 0. The first-order valence-electron chi connectivity index (χ1n) is 6.17. The standard InChI is InChI=1S/C13H22N2O2S/c1-10(2)9-11(14)12(16)15-18(17)13(3)7-5-4-6-8-13/h4-7,10-11H,8-9,14H2,1-3H3,(H,15,16)/t11-,13?,18?/m0/s1. The van der Waals surface area contributed by atoms with E-state index < -0.39 is 22.2 Å². The Morgan fingerprint density at radius 3 is 2.72 bits per heavy atom. The Bertz CT molecular complexity index is 355. The Labute approximate surface area is 112 Å². The highest BCUT2D eigenvalue weighted by Gasteiger charge is 2.37. The van der Waals surface area contributed by atoms with Crippen molar-refractivity contribution in [3.8, 4) is 0 Å². The van der Waals surface area contributed by atoms with E-state index in [-0.39, 0.29) is 5.91 Å². The molecule has 0 heterocycles. The zero-order chi connectivity index (χ0) is 13.8. The van der Waals surface area contributed by atoms with E-state index in [0.717, 1.165) is 0 Å². The number of amides is 1. The normalized spacial score (nSPS) is 26.1. The quantitative estimate of drug-likeness (QED) is 0.742. The number of allylic oxidation sites excluding steroid dienone is 3. The minimum atomic E-state index is -1.46. The van der Waals surface area contributed by atoms with Crippen molar-refractivity contribution in [2.45, 2.75) is 44.4 Å². The van der Waals surface area contributed by atoms with Crippen LogP contribution in [0.2, 0.25) is 0 Å². The van der Waals surface area contributed by atoms with Gasteiger partial charge < -0.3 is 10.3 Å². The molecule has 0 aromatic rings. The molecule has 1 rings (SSSR count). The van der Waals surface area contributed by atoms with E-state index in [2.05, 4.69) is 4.72 Å². The second-order valence-electron chi connectivity index (χ2n) is 5.28. The summed E-state index contributed by atoms with van der Waals surface area (Å²) >= 11 is -1.46. The summed E-state index contributed by atoms with van der Waals surface area (Å²) in [5.74, 6) is -0.00140. The highest BCUT2D eigenvalue weighted by molar-refractivity contribution is 7.91. The smallest absolute Gasteiger partial charge is 0.278 e. The molecule has 4 nitrogen and oxygen atoms in total. The van der Waals surface area contributed by atoms with Crippen LogP contribution in [0, 0.1) is 5.92 Å². The third-order valence-electron chi connectivity index (χ3n) is 2.90. The van der Waals surface area contributed by atoms with E-state index in [1.807, 2.05) is 45.1 Å². The molecule has 0 spiro atoms. The summed E-state index contributed by atoms with van der Waals surface area (Å²) in [5, 5.41) is 0. The predicted octanol–water partition coefficient (Wildman–Crippen LogP) is 1.41. The highest BCUT2D eigenvalue weighted by atomic mass is 32.2. The van der Waals surface area contributed by atoms with Crippen LogP contribution in [-0.4, -0.2) is 21.2 Å². The van der Waals surface area contributed by atoms with E-state index in [4.69, 9.17) is 5.73 Å². The van der Waals surface area contributed by atoms with Crippen LogP contribution in [0.5, 0.6) is 0 Å². The van der Waals surface area contributed by atoms with Crippen LogP contribution >= 0.6 is 0 Å². The Balaban J connectivity index is 2.54. The summed E-state index contributed by atoms with van der Waals surface area (Å²) in [6, 6.07) is -0.597. The van der Waals surface area contributed by atoms with Crippen molar-refractivity contribution in [3.63, 3.8) is 0 Å². The van der Waals surface area contributed by atoms with Gasteiger partial charge in [0, 0.05) is 6.42 Å². The SMILES string of the molecule is CC(C)C[C@H](N)C(=O)N[S+]([O-])C1(C)C=CC=CC1. The van der Waals surface area contributed by atoms with Gasteiger partial charge in [0.2, 0.25) is 0 Å². The van der Waals surface area contributed by atoms with Crippen molar-refractivity contribution in [1.82, 2.24) is 4.72 Å². The maximum atomic E-state index is 12.2. The van der Waals surface area contributed by atoms with Crippen LogP contribution < -0.4 is 10.5 Å². The Morgan fingerprint density at radius 1 is 1.56 bits per heavy atom. The minimum absolute atomic E-state index is 0.340. The third kappa shape index (κ3) is 4.15. The number of rotatable bonds is 5. The molecule has 1 aliphatic rings. The average molecular weight is 270 g/mol. The minimum Gasteiger partial charge on any atom is -0.592 e. The van der Waals surface area contributed by atoms with Gasteiger partial charge in [0.05, 0.1) is 17.4 Å². The molecular weight excluding hydrogens is 248 g/mol. The zero-order valence-electron chi connectivity index (χ0n) is 11.2. The molecule has 1 aliphatic carbocycles. The van der Waals surface area contributed by atoms with Crippen LogP contribution in [-0.2, 0) is 16.2 Å². The molecule has 0 aliphatic heterocycles. The van der Waals surface area contributed by atoms with Crippen LogP contribution in [0.4, 0.5) is 0 Å². The van der Waals surface area contributed by atoms with E-state index in [1.54, 1.807) is 0 Å². The molecule has 1 amide bonds.